The van der Waals surface area contributed by atoms with Crippen molar-refractivity contribution in [2.24, 2.45) is 0 Å². The molecule has 3 aromatic rings. The molecule has 1 amide bonds. The van der Waals surface area contributed by atoms with Crippen LogP contribution >= 0.6 is 11.6 Å². The molecule has 1 heterocycles. The molecule has 1 unspecified atom stereocenters. The minimum atomic E-state index is -0.620. The average molecular weight is 328 g/mol. The highest BCUT2D eigenvalue weighted by atomic mass is 35.5. The number of nitrogens with one attached hydrogen (secondary N) is 1. The maximum atomic E-state index is 12.6. The third-order valence-corrected chi connectivity index (χ3v) is 3.58. The molecule has 3 rings (SSSR count). The zero-order chi connectivity index (χ0) is 16.1. The first-order valence-corrected chi connectivity index (χ1v) is 7.41. The van der Waals surface area contributed by atoms with Crippen LogP contribution in [0.15, 0.2) is 60.9 Å². The van der Waals surface area contributed by atoms with Gasteiger partial charge in [0, 0.05) is 11.6 Å². The molecule has 7 heteroatoms. The van der Waals surface area contributed by atoms with E-state index in [4.69, 9.17) is 11.6 Å². The van der Waals surface area contributed by atoms with Crippen LogP contribution in [0.5, 0.6) is 0 Å². The zero-order valence-corrected chi connectivity index (χ0v) is 12.9. The summed E-state index contributed by atoms with van der Waals surface area (Å²) in [5.41, 5.74) is 1.73. The third-order valence-electron chi connectivity index (χ3n) is 3.35. The second-order valence-corrected chi connectivity index (χ2v) is 5.39. The number of nitrogens with zero attached hydrogens (tertiary/aromatic N) is 4. The van der Waals surface area contributed by atoms with Crippen molar-refractivity contribution in [2.75, 3.05) is 0 Å². The summed E-state index contributed by atoms with van der Waals surface area (Å²) in [6.45, 7) is 0.380. The summed E-state index contributed by atoms with van der Waals surface area (Å²) in [7, 11) is 0. The monoisotopic (exact) mass is 327 g/mol. The van der Waals surface area contributed by atoms with Gasteiger partial charge >= 0.3 is 0 Å². The van der Waals surface area contributed by atoms with E-state index < -0.39 is 6.04 Å². The fourth-order valence-corrected chi connectivity index (χ4v) is 2.49. The van der Waals surface area contributed by atoms with E-state index >= 15 is 0 Å². The highest BCUT2D eigenvalue weighted by Crippen LogP contribution is 2.17. The minimum Gasteiger partial charge on any atom is -0.350 e. The molecule has 0 spiro atoms. The van der Waals surface area contributed by atoms with Gasteiger partial charge in [-0.1, -0.05) is 54.1 Å². The van der Waals surface area contributed by atoms with E-state index in [2.05, 4.69) is 20.8 Å². The summed E-state index contributed by atoms with van der Waals surface area (Å²) >= 11 is 5.96. The Kier molecular flexibility index (Phi) is 4.63. The van der Waals surface area contributed by atoms with Gasteiger partial charge in [0.25, 0.3) is 0 Å². The van der Waals surface area contributed by atoms with Crippen molar-refractivity contribution >= 4 is 17.5 Å². The molecule has 0 bridgehead atoms. The number of benzene rings is 2. The molecular formula is C16H14ClN5O. The van der Waals surface area contributed by atoms with Gasteiger partial charge in [-0.2, -0.15) is 0 Å². The maximum absolute atomic E-state index is 12.6. The number of halogens is 1. The molecule has 23 heavy (non-hydrogen) atoms. The van der Waals surface area contributed by atoms with Crippen molar-refractivity contribution in [3.63, 3.8) is 0 Å². The van der Waals surface area contributed by atoms with Crippen LogP contribution in [0.1, 0.15) is 17.2 Å². The van der Waals surface area contributed by atoms with Crippen LogP contribution in [0.3, 0.4) is 0 Å². The molecule has 1 atom stereocenters. The Morgan fingerprint density at radius 2 is 2.00 bits per heavy atom. The Labute approximate surface area is 138 Å². The SMILES string of the molecule is O=C(NCc1cccc(Cl)c1)C(c1ccccc1)n1cnnn1. The smallest absolute Gasteiger partial charge is 0.249 e. The lowest BCUT2D eigenvalue weighted by Crippen LogP contribution is -2.33. The van der Waals surface area contributed by atoms with Gasteiger partial charge < -0.3 is 5.32 Å². The number of amides is 1. The quantitative estimate of drug-likeness (QED) is 0.780. The molecule has 0 saturated heterocycles. The summed E-state index contributed by atoms with van der Waals surface area (Å²) < 4.78 is 1.43. The number of rotatable bonds is 5. The fourth-order valence-electron chi connectivity index (χ4n) is 2.28. The second kappa shape index (κ2) is 7.02. The molecular weight excluding hydrogens is 314 g/mol. The summed E-state index contributed by atoms with van der Waals surface area (Å²) in [4.78, 5) is 12.6. The van der Waals surface area contributed by atoms with Crippen molar-refractivity contribution in [1.82, 2.24) is 25.5 Å². The lowest BCUT2D eigenvalue weighted by molar-refractivity contribution is -0.123. The van der Waals surface area contributed by atoms with E-state index in [0.717, 1.165) is 11.1 Å². The molecule has 2 aromatic carbocycles. The van der Waals surface area contributed by atoms with E-state index in [1.54, 1.807) is 6.07 Å². The van der Waals surface area contributed by atoms with Gasteiger partial charge in [0.15, 0.2) is 6.04 Å². The van der Waals surface area contributed by atoms with Gasteiger partial charge in [0.2, 0.25) is 5.91 Å². The van der Waals surface area contributed by atoms with Crippen LogP contribution in [0.25, 0.3) is 0 Å². The maximum Gasteiger partial charge on any atom is 0.249 e. The molecule has 1 N–H and O–H groups in total. The zero-order valence-electron chi connectivity index (χ0n) is 12.1. The second-order valence-electron chi connectivity index (χ2n) is 4.95. The molecule has 0 aliphatic rings. The van der Waals surface area contributed by atoms with Gasteiger partial charge in [-0.25, -0.2) is 4.68 Å². The lowest BCUT2D eigenvalue weighted by atomic mass is 10.1. The molecule has 116 valence electrons. The molecule has 6 nitrogen and oxygen atoms in total. The first-order chi connectivity index (χ1) is 11.2. The number of hydrogen-bond donors (Lipinski definition) is 1. The Bertz CT molecular complexity index is 776. The lowest BCUT2D eigenvalue weighted by Gasteiger charge is -2.16. The third kappa shape index (κ3) is 3.73. The fraction of sp³-hybridized carbons (Fsp3) is 0.125. The van der Waals surface area contributed by atoms with E-state index in [-0.39, 0.29) is 5.91 Å². The highest BCUT2D eigenvalue weighted by molar-refractivity contribution is 6.30. The average Bonchev–Trinajstić information content (AvgIpc) is 3.08. The van der Waals surface area contributed by atoms with Crippen LogP contribution in [0.2, 0.25) is 5.02 Å². The van der Waals surface area contributed by atoms with Crippen LogP contribution in [-0.2, 0) is 11.3 Å². The molecule has 0 aliphatic carbocycles. The van der Waals surface area contributed by atoms with Crippen molar-refractivity contribution in [2.45, 2.75) is 12.6 Å². The number of aromatic nitrogens is 4. The van der Waals surface area contributed by atoms with Gasteiger partial charge in [-0.05, 0) is 33.7 Å². The Morgan fingerprint density at radius 1 is 1.17 bits per heavy atom. The van der Waals surface area contributed by atoms with E-state index in [1.807, 2.05) is 48.5 Å². The molecule has 0 radical (unpaired) electrons. The Hall–Kier alpha value is -2.73. The van der Waals surface area contributed by atoms with Gasteiger partial charge in [-0.15, -0.1) is 5.10 Å². The van der Waals surface area contributed by atoms with Gasteiger partial charge in [0.05, 0.1) is 0 Å². The number of carbonyl (C=O) groups is 1. The molecule has 0 saturated carbocycles. The van der Waals surface area contributed by atoms with Crippen molar-refractivity contribution in [3.05, 3.63) is 77.1 Å². The first kappa shape index (κ1) is 15.2. The summed E-state index contributed by atoms with van der Waals surface area (Å²) in [5, 5.41) is 14.6. The van der Waals surface area contributed by atoms with E-state index in [0.29, 0.717) is 11.6 Å². The summed E-state index contributed by atoms with van der Waals surface area (Å²) in [6, 6.07) is 16.1. The Morgan fingerprint density at radius 3 is 2.70 bits per heavy atom. The van der Waals surface area contributed by atoms with Crippen LogP contribution < -0.4 is 5.32 Å². The molecule has 0 aliphatic heterocycles. The van der Waals surface area contributed by atoms with Gasteiger partial charge in [-0.3, -0.25) is 4.79 Å². The van der Waals surface area contributed by atoms with Crippen molar-refractivity contribution in [3.8, 4) is 0 Å². The van der Waals surface area contributed by atoms with Crippen molar-refractivity contribution < 1.29 is 4.79 Å². The number of carbonyl (C=O) groups excluding carboxylic acids is 1. The standard InChI is InChI=1S/C16H14ClN5O/c17-14-8-4-5-12(9-14)10-18-16(23)15(22-11-19-20-21-22)13-6-2-1-3-7-13/h1-9,11,15H,10H2,(H,18,23). The predicted octanol–water partition coefficient (Wildman–Crippen LogP) is 2.23. The number of tetrazole rings is 1. The summed E-state index contributed by atoms with van der Waals surface area (Å²) in [5.74, 6) is -0.191. The van der Waals surface area contributed by atoms with Crippen molar-refractivity contribution in [1.29, 1.82) is 0 Å². The van der Waals surface area contributed by atoms with Crippen LogP contribution in [0.4, 0.5) is 0 Å². The number of hydrogen-bond acceptors (Lipinski definition) is 4. The first-order valence-electron chi connectivity index (χ1n) is 7.03. The topological polar surface area (TPSA) is 72.7 Å². The van der Waals surface area contributed by atoms with E-state index in [1.165, 1.54) is 11.0 Å². The highest BCUT2D eigenvalue weighted by Gasteiger charge is 2.23. The largest absolute Gasteiger partial charge is 0.350 e. The van der Waals surface area contributed by atoms with Crippen LogP contribution in [-0.4, -0.2) is 26.1 Å². The molecule has 0 fully saturated rings. The molecule has 1 aromatic heterocycles. The predicted molar refractivity (Wildman–Crippen MR) is 85.7 cm³/mol. The normalized spacial score (nSPS) is 11.9. The Balaban J connectivity index is 1.79. The van der Waals surface area contributed by atoms with Gasteiger partial charge in [0.1, 0.15) is 6.33 Å². The van der Waals surface area contributed by atoms with Crippen LogP contribution in [0, 0.1) is 0 Å². The van der Waals surface area contributed by atoms with E-state index in [9.17, 15) is 4.79 Å². The minimum absolute atomic E-state index is 0.191. The summed E-state index contributed by atoms with van der Waals surface area (Å²) in [6.07, 6.45) is 1.43.